The molecular weight excluding hydrogens is 344 g/mol. The highest BCUT2D eigenvalue weighted by atomic mass is 16.7. The molecule has 0 aliphatic heterocycles. The van der Waals surface area contributed by atoms with Gasteiger partial charge in [-0.1, -0.05) is 19.3 Å². The van der Waals surface area contributed by atoms with E-state index < -0.39 is 11.2 Å². The number of ketones is 2. The van der Waals surface area contributed by atoms with E-state index in [1.807, 2.05) is 13.8 Å². The molecule has 0 amide bonds. The van der Waals surface area contributed by atoms with Crippen LogP contribution in [0.15, 0.2) is 0 Å². The first-order valence-corrected chi connectivity index (χ1v) is 11.0. The van der Waals surface area contributed by atoms with E-state index in [4.69, 9.17) is 14.2 Å². The molecule has 0 heterocycles. The Morgan fingerprint density at radius 3 is 2.19 bits per heavy atom. The first-order valence-electron chi connectivity index (χ1n) is 11.0. The molecule has 0 saturated heterocycles. The predicted octanol–water partition coefficient (Wildman–Crippen LogP) is 4.07. The van der Waals surface area contributed by atoms with E-state index in [0.717, 1.165) is 44.9 Å². The Morgan fingerprint density at radius 1 is 0.889 bits per heavy atom. The Morgan fingerprint density at radius 2 is 1.63 bits per heavy atom. The average molecular weight is 381 g/mol. The summed E-state index contributed by atoms with van der Waals surface area (Å²) in [4.78, 5) is 27.8. The summed E-state index contributed by atoms with van der Waals surface area (Å²) in [6.45, 7) is 4.89. The lowest BCUT2D eigenvalue weighted by Crippen LogP contribution is -2.62. The molecule has 4 atom stereocenters. The number of Topliss-reactive ketones (excluding diaryl/α,β-unsaturated/α-hetero) is 2. The first kappa shape index (κ1) is 20.9. The van der Waals surface area contributed by atoms with E-state index in [1.54, 1.807) is 7.11 Å². The molecule has 3 saturated carbocycles. The molecule has 27 heavy (non-hydrogen) atoms. The van der Waals surface area contributed by atoms with Crippen molar-refractivity contribution in [2.75, 3.05) is 20.3 Å². The van der Waals surface area contributed by atoms with Crippen LogP contribution < -0.4 is 0 Å². The van der Waals surface area contributed by atoms with Gasteiger partial charge in [0.25, 0.3) is 0 Å². The van der Waals surface area contributed by atoms with Gasteiger partial charge in [0.1, 0.15) is 5.41 Å². The van der Waals surface area contributed by atoms with Gasteiger partial charge in [0.05, 0.1) is 6.10 Å². The third-order valence-corrected chi connectivity index (χ3v) is 7.16. The monoisotopic (exact) mass is 380 g/mol. The lowest BCUT2D eigenvalue weighted by Gasteiger charge is -2.48. The third-order valence-electron chi connectivity index (χ3n) is 7.16. The molecule has 4 unspecified atom stereocenters. The lowest BCUT2D eigenvalue weighted by atomic mass is 9.61. The van der Waals surface area contributed by atoms with E-state index in [2.05, 4.69) is 0 Å². The minimum atomic E-state index is -1.17. The standard InChI is InChI=1S/C22H36O5/c1-4-26-18-13-12-17(18)20(24)21(19(23)16-10-7-6-8-11-16)14-9-15-22(21,25-3)27-5-2/h16-18H,4-15H2,1-3H3. The Hall–Kier alpha value is -0.780. The Kier molecular flexibility index (Phi) is 6.75. The van der Waals surface area contributed by atoms with Crippen molar-refractivity contribution >= 4 is 11.6 Å². The van der Waals surface area contributed by atoms with Crippen LogP contribution in [-0.4, -0.2) is 43.8 Å². The highest BCUT2D eigenvalue weighted by Crippen LogP contribution is 2.56. The van der Waals surface area contributed by atoms with Gasteiger partial charge < -0.3 is 14.2 Å². The molecule has 0 bridgehead atoms. The van der Waals surface area contributed by atoms with Gasteiger partial charge in [-0.25, -0.2) is 0 Å². The molecule has 3 rings (SSSR count). The minimum absolute atomic E-state index is 0.0237. The van der Waals surface area contributed by atoms with Crippen molar-refractivity contribution in [3.63, 3.8) is 0 Å². The van der Waals surface area contributed by atoms with Crippen molar-refractivity contribution in [3.8, 4) is 0 Å². The van der Waals surface area contributed by atoms with Crippen LogP contribution in [0.5, 0.6) is 0 Å². The average Bonchev–Trinajstić information content (AvgIpc) is 3.06. The number of hydrogen-bond acceptors (Lipinski definition) is 5. The molecule has 154 valence electrons. The highest BCUT2D eigenvalue weighted by molar-refractivity contribution is 6.10. The van der Waals surface area contributed by atoms with Gasteiger partial charge in [-0.2, -0.15) is 0 Å². The van der Waals surface area contributed by atoms with E-state index >= 15 is 0 Å². The zero-order valence-electron chi connectivity index (χ0n) is 17.3. The predicted molar refractivity (Wildman–Crippen MR) is 102 cm³/mol. The van der Waals surface area contributed by atoms with Crippen LogP contribution in [0.3, 0.4) is 0 Å². The van der Waals surface area contributed by atoms with Crippen molar-refractivity contribution in [1.29, 1.82) is 0 Å². The van der Waals surface area contributed by atoms with E-state index in [1.165, 1.54) is 6.42 Å². The quantitative estimate of drug-likeness (QED) is 0.446. The summed E-state index contributed by atoms with van der Waals surface area (Å²) in [5.74, 6) is -1.25. The second-order valence-corrected chi connectivity index (χ2v) is 8.39. The van der Waals surface area contributed by atoms with Crippen molar-refractivity contribution < 1.29 is 23.8 Å². The fourth-order valence-electron chi connectivity index (χ4n) is 5.71. The van der Waals surface area contributed by atoms with Crippen molar-refractivity contribution in [3.05, 3.63) is 0 Å². The molecule has 0 aromatic rings. The van der Waals surface area contributed by atoms with Crippen LogP contribution in [0.2, 0.25) is 0 Å². The molecule has 0 N–H and O–H groups in total. The maximum absolute atomic E-state index is 13.9. The van der Waals surface area contributed by atoms with Gasteiger partial charge in [0.15, 0.2) is 17.4 Å². The van der Waals surface area contributed by atoms with Gasteiger partial charge in [-0.05, 0) is 52.4 Å². The second-order valence-electron chi connectivity index (χ2n) is 8.39. The summed E-state index contributed by atoms with van der Waals surface area (Å²) in [6.07, 6.45) is 8.67. The molecule has 0 spiro atoms. The molecule has 3 fully saturated rings. The van der Waals surface area contributed by atoms with Gasteiger partial charge in [-0.3, -0.25) is 9.59 Å². The summed E-state index contributed by atoms with van der Waals surface area (Å²) in [5.41, 5.74) is -1.17. The molecule has 5 heteroatoms. The SMILES string of the molecule is CCOC1CCC1C(=O)C1(C(=O)C2CCCCC2)CCCC1(OC)OCC. The Balaban J connectivity index is 1.98. The second kappa shape index (κ2) is 8.71. The molecule has 0 aromatic heterocycles. The summed E-state index contributed by atoms with van der Waals surface area (Å²) in [6, 6.07) is 0. The van der Waals surface area contributed by atoms with Crippen molar-refractivity contribution in [2.45, 2.75) is 89.9 Å². The number of carbonyl (C=O) groups is 2. The van der Waals surface area contributed by atoms with Crippen LogP contribution in [-0.2, 0) is 23.8 Å². The highest BCUT2D eigenvalue weighted by Gasteiger charge is 2.68. The normalized spacial score (nSPS) is 37.1. The maximum atomic E-state index is 13.9. The number of rotatable bonds is 9. The van der Waals surface area contributed by atoms with Crippen LogP contribution in [0.25, 0.3) is 0 Å². The first-order chi connectivity index (χ1) is 13.1. The fraction of sp³-hybridized carbons (Fsp3) is 0.909. The summed E-state index contributed by atoms with van der Waals surface area (Å²) in [7, 11) is 1.60. The smallest absolute Gasteiger partial charge is 0.187 e. The number of methoxy groups -OCH3 is 1. The zero-order chi connectivity index (χ0) is 19.5. The van der Waals surface area contributed by atoms with Crippen LogP contribution >= 0.6 is 0 Å². The van der Waals surface area contributed by atoms with Gasteiger partial charge in [0, 0.05) is 38.6 Å². The number of ether oxygens (including phenoxy) is 3. The Bertz CT molecular complexity index is 541. The lowest BCUT2D eigenvalue weighted by molar-refractivity contribution is -0.264. The third kappa shape index (κ3) is 3.40. The summed E-state index contributed by atoms with van der Waals surface area (Å²) >= 11 is 0. The number of carbonyl (C=O) groups excluding carboxylic acids is 2. The maximum Gasteiger partial charge on any atom is 0.187 e. The summed E-state index contributed by atoms with van der Waals surface area (Å²) < 4.78 is 17.8. The largest absolute Gasteiger partial charge is 0.378 e. The van der Waals surface area contributed by atoms with Crippen LogP contribution in [0.4, 0.5) is 0 Å². The minimum Gasteiger partial charge on any atom is -0.378 e. The molecule has 0 aromatic carbocycles. The van der Waals surface area contributed by atoms with E-state index in [-0.39, 0.29) is 29.5 Å². The van der Waals surface area contributed by atoms with Crippen LogP contribution in [0, 0.1) is 17.3 Å². The molecule has 3 aliphatic carbocycles. The zero-order valence-corrected chi connectivity index (χ0v) is 17.3. The van der Waals surface area contributed by atoms with E-state index in [0.29, 0.717) is 26.1 Å². The fourth-order valence-corrected chi connectivity index (χ4v) is 5.71. The molecule has 3 aliphatic rings. The molecule has 5 nitrogen and oxygen atoms in total. The van der Waals surface area contributed by atoms with Gasteiger partial charge in [-0.15, -0.1) is 0 Å². The Labute approximate surface area is 163 Å². The van der Waals surface area contributed by atoms with E-state index in [9.17, 15) is 9.59 Å². The van der Waals surface area contributed by atoms with Crippen molar-refractivity contribution in [1.82, 2.24) is 0 Å². The van der Waals surface area contributed by atoms with Crippen molar-refractivity contribution in [2.24, 2.45) is 17.3 Å². The van der Waals surface area contributed by atoms with Crippen LogP contribution in [0.1, 0.15) is 78.1 Å². The molecule has 0 radical (unpaired) electrons. The molecular formula is C22H36O5. The summed E-state index contributed by atoms with van der Waals surface area (Å²) in [5, 5.41) is 0. The van der Waals surface area contributed by atoms with Gasteiger partial charge >= 0.3 is 0 Å². The number of hydrogen-bond donors (Lipinski definition) is 0. The topological polar surface area (TPSA) is 61.8 Å². The van der Waals surface area contributed by atoms with Gasteiger partial charge in [0.2, 0.25) is 0 Å².